The number of likely N-dealkylation sites (tertiary alicyclic amines) is 1. The lowest BCUT2D eigenvalue weighted by Gasteiger charge is -2.32. The first kappa shape index (κ1) is 14.1. The summed E-state index contributed by atoms with van der Waals surface area (Å²) >= 11 is 1.78. The molecule has 0 unspecified atom stereocenters. The first-order valence-corrected chi connectivity index (χ1v) is 9.07. The number of carbonyl (C=O) groups is 1. The van der Waals surface area contributed by atoms with Gasteiger partial charge in [-0.1, -0.05) is 25.7 Å². The summed E-state index contributed by atoms with van der Waals surface area (Å²) in [5.74, 6) is 1.92. The number of rotatable bonds is 4. The van der Waals surface area contributed by atoms with Gasteiger partial charge in [-0.05, 0) is 53.5 Å². The maximum absolute atomic E-state index is 12.3. The molecular formula is C17H25NOS. The van der Waals surface area contributed by atoms with Gasteiger partial charge in [-0.15, -0.1) is 0 Å². The summed E-state index contributed by atoms with van der Waals surface area (Å²) in [6, 6.07) is 2.24. The third kappa shape index (κ3) is 3.43. The molecule has 1 aromatic rings. The summed E-state index contributed by atoms with van der Waals surface area (Å²) in [7, 11) is 0. The van der Waals surface area contributed by atoms with Crippen LogP contribution in [0.15, 0.2) is 16.8 Å². The van der Waals surface area contributed by atoms with Gasteiger partial charge in [-0.2, -0.15) is 11.3 Å². The molecule has 2 fully saturated rings. The molecule has 0 atom stereocenters. The summed E-state index contributed by atoms with van der Waals surface area (Å²) in [6.07, 6.45) is 9.67. The second-order valence-electron chi connectivity index (χ2n) is 6.40. The van der Waals surface area contributed by atoms with E-state index in [-0.39, 0.29) is 0 Å². The molecule has 1 amide bonds. The molecule has 0 N–H and O–H groups in total. The molecule has 0 radical (unpaired) electrons. The van der Waals surface area contributed by atoms with Crippen molar-refractivity contribution < 1.29 is 4.79 Å². The van der Waals surface area contributed by atoms with E-state index in [9.17, 15) is 4.79 Å². The summed E-state index contributed by atoms with van der Waals surface area (Å²) in [5, 5.41) is 4.43. The molecule has 2 heterocycles. The molecule has 0 aromatic carbocycles. The van der Waals surface area contributed by atoms with Crippen LogP contribution in [0.5, 0.6) is 0 Å². The molecule has 0 bridgehead atoms. The molecule has 0 spiro atoms. The minimum atomic E-state index is 0.403. The highest BCUT2D eigenvalue weighted by atomic mass is 32.1. The first-order chi connectivity index (χ1) is 9.83. The van der Waals surface area contributed by atoms with Crippen molar-refractivity contribution in [3.8, 4) is 0 Å². The van der Waals surface area contributed by atoms with E-state index >= 15 is 0 Å². The van der Waals surface area contributed by atoms with E-state index in [1.54, 1.807) is 11.3 Å². The number of thiophene rings is 1. The molecule has 1 saturated carbocycles. The van der Waals surface area contributed by atoms with Gasteiger partial charge in [0.1, 0.15) is 0 Å². The molecule has 1 aliphatic carbocycles. The van der Waals surface area contributed by atoms with Gasteiger partial charge in [0, 0.05) is 19.5 Å². The zero-order chi connectivity index (χ0) is 13.8. The Hall–Kier alpha value is -0.830. The Kier molecular flexibility index (Phi) is 4.77. The van der Waals surface area contributed by atoms with Crippen LogP contribution in [0, 0.1) is 5.92 Å². The van der Waals surface area contributed by atoms with E-state index in [1.165, 1.54) is 31.2 Å². The number of carbonyl (C=O) groups excluding carboxylic acids is 1. The minimum absolute atomic E-state index is 0.403. The Labute approximate surface area is 126 Å². The number of amides is 1. The maximum atomic E-state index is 12.3. The van der Waals surface area contributed by atoms with E-state index < -0.39 is 0 Å². The van der Waals surface area contributed by atoms with Crippen molar-refractivity contribution in [3.05, 3.63) is 22.4 Å². The number of nitrogens with zero attached hydrogens (tertiary/aromatic N) is 1. The molecule has 1 saturated heterocycles. The predicted molar refractivity (Wildman–Crippen MR) is 84.1 cm³/mol. The van der Waals surface area contributed by atoms with E-state index in [4.69, 9.17) is 0 Å². The van der Waals surface area contributed by atoms with Crippen LogP contribution in [-0.4, -0.2) is 23.9 Å². The van der Waals surface area contributed by atoms with Gasteiger partial charge in [0.2, 0.25) is 5.91 Å². The predicted octanol–water partition coefficient (Wildman–Crippen LogP) is 4.42. The third-order valence-electron chi connectivity index (χ3n) is 5.10. The highest BCUT2D eigenvalue weighted by Crippen LogP contribution is 2.31. The van der Waals surface area contributed by atoms with E-state index in [1.807, 2.05) is 0 Å². The van der Waals surface area contributed by atoms with Crippen LogP contribution in [0.4, 0.5) is 0 Å². The van der Waals surface area contributed by atoms with Crippen LogP contribution in [0.3, 0.4) is 0 Å². The Morgan fingerprint density at radius 3 is 2.60 bits per heavy atom. The van der Waals surface area contributed by atoms with Crippen molar-refractivity contribution in [2.45, 2.75) is 57.3 Å². The van der Waals surface area contributed by atoms with Gasteiger partial charge in [-0.3, -0.25) is 4.79 Å². The van der Waals surface area contributed by atoms with Crippen molar-refractivity contribution in [2.24, 2.45) is 5.92 Å². The monoisotopic (exact) mass is 291 g/mol. The topological polar surface area (TPSA) is 20.3 Å². The van der Waals surface area contributed by atoms with Crippen LogP contribution in [-0.2, 0) is 4.79 Å². The molecule has 110 valence electrons. The van der Waals surface area contributed by atoms with Crippen molar-refractivity contribution in [3.63, 3.8) is 0 Å². The van der Waals surface area contributed by atoms with Crippen LogP contribution in [0.25, 0.3) is 0 Å². The van der Waals surface area contributed by atoms with Crippen molar-refractivity contribution in [1.29, 1.82) is 0 Å². The average Bonchev–Trinajstić information content (AvgIpc) is 3.18. The normalized spacial score (nSPS) is 21.5. The van der Waals surface area contributed by atoms with Crippen molar-refractivity contribution >= 4 is 17.2 Å². The molecule has 3 heteroatoms. The van der Waals surface area contributed by atoms with Gasteiger partial charge in [0.15, 0.2) is 0 Å². The lowest BCUT2D eigenvalue weighted by molar-refractivity contribution is -0.132. The first-order valence-electron chi connectivity index (χ1n) is 8.13. The van der Waals surface area contributed by atoms with E-state index in [2.05, 4.69) is 21.7 Å². The van der Waals surface area contributed by atoms with Crippen molar-refractivity contribution in [1.82, 2.24) is 4.90 Å². The number of hydrogen-bond acceptors (Lipinski definition) is 2. The SMILES string of the molecule is O=C(CCC1CCCC1)N1CCC(c2ccsc2)CC1. The van der Waals surface area contributed by atoms with E-state index in [0.717, 1.165) is 44.7 Å². The smallest absolute Gasteiger partial charge is 0.222 e. The summed E-state index contributed by atoms with van der Waals surface area (Å²) in [6.45, 7) is 1.92. The summed E-state index contributed by atoms with van der Waals surface area (Å²) < 4.78 is 0. The van der Waals surface area contributed by atoms with Gasteiger partial charge in [-0.25, -0.2) is 0 Å². The van der Waals surface area contributed by atoms with Gasteiger partial charge in [0.25, 0.3) is 0 Å². The Bertz CT molecular complexity index is 414. The zero-order valence-corrected chi connectivity index (χ0v) is 13.0. The molecule has 3 rings (SSSR count). The summed E-state index contributed by atoms with van der Waals surface area (Å²) in [4.78, 5) is 14.4. The Morgan fingerprint density at radius 2 is 1.95 bits per heavy atom. The lowest BCUT2D eigenvalue weighted by Crippen LogP contribution is -2.37. The second kappa shape index (κ2) is 6.75. The molecule has 1 aromatic heterocycles. The van der Waals surface area contributed by atoms with Crippen LogP contribution in [0.2, 0.25) is 0 Å². The fraction of sp³-hybridized carbons (Fsp3) is 0.706. The quantitative estimate of drug-likeness (QED) is 0.804. The Morgan fingerprint density at radius 1 is 1.20 bits per heavy atom. The molecule has 2 nitrogen and oxygen atoms in total. The van der Waals surface area contributed by atoms with E-state index in [0.29, 0.717) is 11.8 Å². The highest BCUT2D eigenvalue weighted by molar-refractivity contribution is 7.07. The third-order valence-corrected chi connectivity index (χ3v) is 5.80. The van der Waals surface area contributed by atoms with Crippen molar-refractivity contribution in [2.75, 3.05) is 13.1 Å². The lowest BCUT2D eigenvalue weighted by atomic mass is 9.91. The van der Waals surface area contributed by atoms with Crippen LogP contribution >= 0.6 is 11.3 Å². The molecular weight excluding hydrogens is 266 g/mol. The fourth-order valence-corrected chi connectivity index (χ4v) is 4.50. The molecule has 20 heavy (non-hydrogen) atoms. The molecule has 1 aliphatic heterocycles. The largest absolute Gasteiger partial charge is 0.343 e. The van der Waals surface area contributed by atoms with Gasteiger partial charge < -0.3 is 4.90 Å². The average molecular weight is 291 g/mol. The number of hydrogen-bond donors (Lipinski definition) is 0. The number of piperidine rings is 1. The zero-order valence-electron chi connectivity index (χ0n) is 12.2. The standard InChI is InChI=1S/C17H25NOS/c19-17(6-5-14-3-1-2-4-14)18-10-7-15(8-11-18)16-9-12-20-13-16/h9,12-15H,1-8,10-11H2. The Balaban J connectivity index is 1.42. The maximum Gasteiger partial charge on any atom is 0.222 e. The summed E-state index contributed by atoms with van der Waals surface area (Å²) in [5.41, 5.74) is 1.48. The molecule has 2 aliphatic rings. The fourth-order valence-electron chi connectivity index (χ4n) is 3.75. The second-order valence-corrected chi connectivity index (χ2v) is 7.18. The van der Waals surface area contributed by atoms with Gasteiger partial charge >= 0.3 is 0 Å². The van der Waals surface area contributed by atoms with Gasteiger partial charge in [0.05, 0.1) is 0 Å². The minimum Gasteiger partial charge on any atom is -0.343 e. The van der Waals surface area contributed by atoms with Crippen LogP contribution in [0.1, 0.15) is 62.8 Å². The highest BCUT2D eigenvalue weighted by Gasteiger charge is 2.24. The van der Waals surface area contributed by atoms with Crippen LogP contribution < -0.4 is 0 Å².